The van der Waals surface area contributed by atoms with Gasteiger partial charge in [0.1, 0.15) is 0 Å². The van der Waals surface area contributed by atoms with Crippen LogP contribution < -0.4 is 16.0 Å². The maximum Gasteiger partial charge on any atom is 0.251 e. The zero-order valence-electron chi connectivity index (χ0n) is 14.2. The largest absolute Gasteiger partial charge is 0.355 e. The number of carbonyl (C=O) groups excluding carboxylic acids is 2. The molecule has 3 N–H and O–H groups in total. The summed E-state index contributed by atoms with van der Waals surface area (Å²) < 4.78 is 0. The Kier molecular flexibility index (Phi) is 10.5. The summed E-state index contributed by atoms with van der Waals surface area (Å²) in [6.45, 7) is 6.14. The monoisotopic (exact) mass is 388 g/mol. The number of nitrogens with zero attached hydrogens (tertiary/aromatic N) is 1. The van der Waals surface area contributed by atoms with Crippen molar-refractivity contribution in [2.45, 2.75) is 12.8 Å². The van der Waals surface area contributed by atoms with Crippen molar-refractivity contribution in [3.05, 3.63) is 34.9 Å². The number of carbonyl (C=O) groups is 2. The van der Waals surface area contributed by atoms with Crippen LogP contribution in [0.1, 0.15) is 23.2 Å². The highest BCUT2D eigenvalue weighted by molar-refractivity contribution is 6.30. The first kappa shape index (κ1) is 21.7. The van der Waals surface area contributed by atoms with Gasteiger partial charge >= 0.3 is 0 Å². The molecule has 0 spiro atoms. The number of hydrogen-bond donors (Lipinski definition) is 3. The molecule has 0 bridgehead atoms. The molecule has 140 valence electrons. The van der Waals surface area contributed by atoms with Crippen LogP contribution in [0.2, 0.25) is 5.02 Å². The van der Waals surface area contributed by atoms with Gasteiger partial charge in [-0.2, -0.15) is 0 Å². The lowest BCUT2D eigenvalue weighted by atomic mass is 10.2. The zero-order chi connectivity index (χ0) is 17.2. The lowest BCUT2D eigenvalue weighted by Gasteiger charge is -2.27. The molecule has 0 saturated carbocycles. The molecule has 8 heteroatoms. The summed E-state index contributed by atoms with van der Waals surface area (Å²) in [5.74, 6) is -0.114. The molecule has 1 fully saturated rings. The standard InChI is InChI=1S/C17H25ClN4O2.ClH/c18-15-5-3-14(4-6-15)17(24)21-7-1-2-16(23)20-10-13-22-11-8-19-9-12-22;/h3-6,19H,1-2,7-13H2,(H,20,23)(H,21,24);1H. The molecule has 0 aliphatic carbocycles. The predicted octanol–water partition coefficient (Wildman–Crippen LogP) is 1.29. The number of rotatable bonds is 8. The third-order valence-corrected chi connectivity index (χ3v) is 4.18. The molecule has 1 saturated heterocycles. The van der Waals surface area contributed by atoms with E-state index in [-0.39, 0.29) is 24.2 Å². The maximum absolute atomic E-state index is 11.9. The number of amides is 2. The summed E-state index contributed by atoms with van der Waals surface area (Å²) in [5.41, 5.74) is 0.569. The van der Waals surface area contributed by atoms with Crippen LogP contribution >= 0.6 is 24.0 Å². The number of benzene rings is 1. The van der Waals surface area contributed by atoms with E-state index in [9.17, 15) is 9.59 Å². The highest BCUT2D eigenvalue weighted by atomic mass is 35.5. The SMILES string of the molecule is Cl.O=C(CCCNC(=O)c1ccc(Cl)cc1)NCCN1CCNCC1. The Morgan fingerprint density at radius 2 is 1.76 bits per heavy atom. The Bertz CT molecular complexity index is 534. The molecule has 25 heavy (non-hydrogen) atoms. The molecule has 0 radical (unpaired) electrons. The van der Waals surface area contributed by atoms with Gasteiger partial charge in [-0.25, -0.2) is 0 Å². The first-order valence-electron chi connectivity index (χ1n) is 8.39. The zero-order valence-corrected chi connectivity index (χ0v) is 15.8. The summed E-state index contributed by atoms with van der Waals surface area (Å²) in [6, 6.07) is 6.73. The van der Waals surface area contributed by atoms with E-state index in [1.54, 1.807) is 24.3 Å². The summed E-state index contributed by atoms with van der Waals surface area (Å²) in [6.07, 6.45) is 1.04. The van der Waals surface area contributed by atoms with E-state index in [0.717, 1.165) is 32.7 Å². The van der Waals surface area contributed by atoms with Crippen LogP contribution in [-0.2, 0) is 4.79 Å². The van der Waals surface area contributed by atoms with Crippen LogP contribution in [0.5, 0.6) is 0 Å². The van der Waals surface area contributed by atoms with E-state index < -0.39 is 0 Å². The Balaban J connectivity index is 0.00000312. The van der Waals surface area contributed by atoms with Crippen LogP contribution in [0.15, 0.2) is 24.3 Å². The van der Waals surface area contributed by atoms with Gasteiger partial charge in [-0.3, -0.25) is 14.5 Å². The number of halogens is 2. The third-order valence-electron chi connectivity index (χ3n) is 3.93. The quantitative estimate of drug-likeness (QED) is 0.586. The molecule has 0 unspecified atom stereocenters. The minimum atomic E-state index is -0.147. The highest BCUT2D eigenvalue weighted by Crippen LogP contribution is 2.09. The van der Waals surface area contributed by atoms with E-state index in [1.807, 2.05) is 0 Å². The minimum Gasteiger partial charge on any atom is -0.355 e. The number of hydrogen-bond acceptors (Lipinski definition) is 4. The van der Waals surface area contributed by atoms with Crippen molar-refractivity contribution < 1.29 is 9.59 Å². The lowest BCUT2D eigenvalue weighted by Crippen LogP contribution is -2.46. The van der Waals surface area contributed by atoms with Crippen molar-refractivity contribution in [3.63, 3.8) is 0 Å². The minimum absolute atomic E-state index is 0. The van der Waals surface area contributed by atoms with Crippen molar-refractivity contribution >= 4 is 35.8 Å². The molecule has 6 nitrogen and oxygen atoms in total. The Morgan fingerprint density at radius 1 is 1.08 bits per heavy atom. The van der Waals surface area contributed by atoms with Crippen molar-refractivity contribution in [2.75, 3.05) is 45.8 Å². The normalized spacial score (nSPS) is 14.4. The van der Waals surface area contributed by atoms with Gasteiger partial charge in [-0.1, -0.05) is 11.6 Å². The second-order valence-corrected chi connectivity index (χ2v) is 6.24. The van der Waals surface area contributed by atoms with E-state index in [0.29, 0.717) is 36.5 Å². The first-order chi connectivity index (χ1) is 11.6. The fraction of sp³-hybridized carbons (Fsp3) is 0.529. The van der Waals surface area contributed by atoms with Crippen LogP contribution in [0, 0.1) is 0 Å². The fourth-order valence-corrected chi connectivity index (χ4v) is 2.66. The smallest absolute Gasteiger partial charge is 0.251 e. The number of nitrogens with one attached hydrogen (secondary N) is 3. The first-order valence-corrected chi connectivity index (χ1v) is 8.76. The second kappa shape index (κ2) is 12.1. The number of piperazine rings is 1. The third kappa shape index (κ3) is 8.54. The highest BCUT2D eigenvalue weighted by Gasteiger charge is 2.09. The van der Waals surface area contributed by atoms with Crippen molar-refractivity contribution in [3.8, 4) is 0 Å². The summed E-state index contributed by atoms with van der Waals surface area (Å²) in [7, 11) is 0. The van der Waals surface area contributed by atoms with E-state index in [2.05, 4.69) is 20.9 Å². The molecular weight excluding hydrogens is 363 g/mol. The molecule has 0 aromatic heterocycles. The van der Waals surface area contributed by atoms with E-state index in [4.69, 9.17) is 11.6 Å². The van der Waals surface area contributed by atoms with Crippen LogP contribution in [0.25, 0.3) is 0 Å². The van der Waals surface area contributed by atoms with Crippen molar-refractivity contribution in [2.24, 2.45) is 0 Å². The summed E-state index contributed by atoms with van der Waals surface area (Å²) in [4.78, 5) is 26.0. The van der Waals surface area contributed by atoms with Crippen LogP contribution in [0.3, 0.4) is 0 Å². The summed E-state index contributed by atoms with van der Waals surface area (Å²) in [5, 5.41) is 9.63. The van der Waals surface area contributed by atoms with Crippen LogP contribution in [0.4, 0.5) is 0 Å². The predicted molar refractivity (Wildman–Crippen MR) is 103 cm³/mol. The van der Waals surface area contributed by atoms with Gasteiger partial charge < -0.3 is 16.0 Å². The summed E-state index contributed by atoms with van der Waals surface area (Å²) >= 11 is 5.79. The molecule has 1 aliphatic rings. The molecule has 0 atom stereocenters. The van der Waals surface area contributed by atoms with Crippen molar-refractivity contribution in [1.29, 1.82) is 0 Å². The maximum atomic E-state index is 11.9. The fourth-order valence-electron chi connectivity index (χ4n) is 2.53. The van der Waals surface area contributed by atoms with Crippen LogP contribution in [-0.4, -0.2) is 62.5 Å². The average Bonchev–Trinajstić information content (AvgIpc) is 2.60. The molecule has 1 aromatic carbocycles. The molecule has 1 aromatic rings. The van der Waals surface area contributed by atoms with Gasteiger partial charge in [0.05, 0.1) is 0 Å². The van der Waals surface area contributed by atoms with Gasteiger partial charge in [-0.15, -0.1) is 12.4 Å². The Labute approximate surface area is 160 Å². The molecule has 2 rings (SSSR count). The van der Waals surface area contributed by atoms with Gasteiger partial charge in [0, 0.05) is 62.8 Å². The van der Waals surface area contributed by atoms with Gasteiger partial charge in [-0.05, 0) is 30.7 Å². The Morgan fingerprint density at radius 3 is 2.44 bits per heavy atom. The second-order valence-electron chi connectivity index (χ2n) is 5.81. The molecule has 1 heterocycles. The molecule has 2 amide bonds. The van der Waals surface area contributed by atoms with Crippen molar-refractivity contribution in [1.82, 2.24) is 20.9 Å². The van der Waals surface area contributed by atoms with E-state index >= 15 is 0 Å². The topological polar surface area (TPSA) is 73.5 Å². The van der Waals surface area contributed by atoms with Gasteiger partial charge in [0.25, 0.3) is 5.91 Å². The lowest BCUT2D eigenvalue weighted by molar-refractivity contribution is -0.121. The van der Waals surface area contributed by atoms with Gasteiger partial charge in [0.15, 0.2) is 0 Å². The average molecular weight is 389 g/mol. The molecular formula is C17H26Cl2N4O2. The molecule has 1 aliphatic heterocycles. The Hall–Kier alpha value is -1.34. The van der Waals surface area contributed by atoms with Gasteiger partial charge in [0.2, 0.25) is 5.91 Å². The van der Waals surface area contributed by atoms with E-state index in [1.165, 1.54) is 0 Å².